The van der Waals surface area contributed by atoms with Crippen LogP contribution in [0.15, 0.2) is 29.8 Å². The van der Waals surface area contributed by atoms with Crippen molar-refractivity contribution in [2.75, 3.05) is 13.6 Å². The number of nitriles is 1. The Morgan fingerprint density at radius 3 is 2.63 bits per heavy atom. The van der Waals surface area contributed by atoms with Crippen molar-refractivity contribution < 1.29 is 4.74 Å². The molecule has 2 aromatic rings. The average molecular weight is 383 g/mol. The lowest BCUT2D eigenvalue weighted by molar-refractivity contribution is 0.487. The highest BCUT2D eigenvalue weighted by molar-refractivity contribution is 7.08. The molecular weight excluding hydrogens is 356 g/mol. The molecule has 5 nitrogen and oxygen atoms in total. The van der Waals surface area contributed by atoms with Crippen LogP contribution in [0.2, 0.25) is 0 Å². The summed E-state index contributed by atoms with van der Waals surface area (Å²) in [5.74, 6) is 0.714. The third kappa shape index (κ3) is 4.95. The van der Waals surface area contributed by atoms with Crippen LogP contribution in [0.3, 0.4) is 0 Å². The van der Waals surface area contributed by atoms with Gasteiger partial charge in [0.25, 0.3) is 0 Å². The summed E-state index contributed by atoms with van der Waals surface area (Å²) in [7, 11) is 1.95. The fraction of sp³-hybridized carbons (Fsp3) is 0.381. The molecule has 0 bridgehead atoms. The summed E-state index contributed by atoms with van der Waals surface area (Å²) in [6, 6.07) is 6.19. The van der Waals surface area contributed by atoms with E-state index in [1.54, 1.807) is 6.34 Å². The number of hydrogen-bond acceptors (Lipinski definition) is 5. The predicted molar refractivity (Wildman–Crippen MR) is 112 cm³/mol. The lowest BCUT2D eigenvalue weighted by Gasteiger charge is -2.15. The first-order valence-corrected chi connectivity index (χ1v) is 9.49. The molecule has 6 heteroatoms. The van der Waals surface area contributed by atoms with Gasteiger partial charge in [-0.3, -0.25) is 0 Å². The van der Waals surface area contributed by atoms with Gasteiger partial charge in [-0.2, -0.15) is 9.64 Å². The number of aromatic nitrogens is 1. The van der Waals surface area contributed by atoms with Crippen LogP contribution < -0.4 is 4.74 Å². The Bertz CT molecular complexity index is 900. The van der Waals surface area contributed by atoms with Gasteiger partial charge in [-0.1, -0.05) is 26.8 Å². The van der Waals surface area contributed by atoms with Gasteiger partial charge in [-0.15, -0.1) is 6.58 Å². The van der Waals surface area contributed by atoms with Gasteiger partial charge < -0.3 is 9.64 Å². The van der Waals surface area contributed by atoms with E-state index in [0.29, 0.717) is 16.4 Å². The van der Waals surface area contributed by atoms with Gasteiger partial charge >= 0.3 is 0 Å². The van der Waals surface area contributed by atoms with E-state index >= 15 is 0 Å². The van der Waals surface area contributed by atoms with E-state index in [4.69, 9.17) is 4.74 Å². The van der Waals surface area contributed by atoms with Crippen molar-refractivity contribution in [2.24, 2.45) is 4.99 Å². The topological polar surface area (TPSA) is 61.5 Å². The quantitative estimate of drug-likeness (QED) is 0.376. The molecule has 0 radical (unpaired) electrons. The summed E-state index contributed by atoms with van der Waals surface area (Å²) in [6.07, 6.45) is 3.62. The van der Waals surface area contributed by atoms with E-state index in [-0.39, 0.29) is 5.41 Å². The Balaban J connectivity index is 2.32. The van der Waals surface area contributed by atoms with Crippen LogP contribution in [-0.4, -0.2) is 29.2 Å². The molecule has 0 fully saturated rings. The second kappa shape index (κ2) is 8.36. The van der Waals surface area contributed by atoms with E-state index in [2.05, 4.69) is 22.0 Å². The van der Waals surface area contributed by atoms with E-state index in [0.717, 1.165) is 29.1 Å². The number of likely N-dealkylation sites (N-methyl/N-ethyl adjacent to an activating group) is 1. The minimum Gasteiger partial charge on any atom is -0.443 e. The fourth-order valence-electron chi connectivity index (χ4n) is 2.49. The molecule has 27 heavy (non-hydrogen) atoms. The van der Waals surface area contributed by atoms with Crippen LogP contribution in [0.4, 0.5) is 5.69 Å². The highest BCUT2D eigenvalue weighted by atomic mass is 32.1. The molecule has 2 rings (SSSR count). The number of benzene rings is 1. The summed E-state index contributed by atoms with van der Waals surface area (Å²) >= 11 is 1.22. The zero-order chi connectivity index (χ0) is 20.2. The predicted octanol–water partition coefficient (Wildman–Crippen LogP) is 5.50. The molecule has 0 N–H and O–H groups in total. The number of aliphatic imine (C=N–C) groups is 1. The zero-order valence-corrected chi connectivity index (χ0v) is 17.6. The largest absolute Gasteiger partial charge is 0.443 e. The molecule has 1 aromatic heterocycles. The van der Waals surface area contributed by atoms with Gasteiger partial charge in [-0.05, 0) is 37.1 Å². The maximum Gasteiger partial charge on any atom is 0.218 e. The highest BCUT2D eigenvalue weighted by Gasteiger charge is 2.26. The molecule has 0 atom stereocenters. The van der Waals surface area contributed by atoms with Crippen LogP contribution in [0.1, 0.15) is 43.2 Å². The number of nitrogens with zero attached hydrogens (tertiary/aromatic N) is 4. The minimum atomic E-state index is -0.204. The van der Waals surface area contributed by atoms with Gasteiger partial charge in [0.1, 0.15) is 17.4 Å². The lowest BCUT2D eigenvalue weighted by Crippen LogP contribution is -2.15. The highest BCUT2D eigenvalue weighted by Crippen LogP contribution is 2.38. The molecule has 0 spiro atoms. The van der Waals surface area contributed by atoms with E-state index in [9.17, 15) is 5.26 Å². The van der Waals surface area contributed by atoms with Gasteiger partial charge in [0, 0.05) is 30.5 Å². The van der Waals surface area contributed by atoms with Crippen molar-refractivity contribution in [3.8, 4) is 16.9 Å². The normalized spacial score (nSPS) is 11.4. The van der Waals surface area contributed by atoms with Crippen LogP contribution in [0.5, 0.6) is 10.8 Å². The molecule has 0 aliphatic rings. The summed E-state index contributed by atoms with van der Waals surface area (Å²) in [5.41, 5.74) is 3.91. The fourth-order valence-corrected chi connectivity index (χ4v) is 3.39. The first kappa shape index (κ1) is 20.7. The maximum atomic E-state index is 9.57. The Morgan fingerprint density at radius 2 is 2.04 bits per heavy atom. The Hall–Kier alpha value is -2.65. The van der Waals surface area contributed by atoms with Gasteiger partial charge in [-0.25, -0.2) is 4.99 Å². The molecule has 0 saturated heterocycles. The Kier molecular flexibility index (Phi) is 6.40. The SMILES string of the molecule is C=CCN(C)/C=N\c1cc(C)c(Oc2snc(C(C)(C)C)c2C#N)cc1C. The first-order valence-electron chi connectivity index (χ1n) is 8.72. The second-order valence-electron chi connectivity index (χ2n) is 7.53. The van der Waals surface area contributed by atoms with Crippen molar-refractivity contribution in [3.63, 3.8) is 0 Å². The monoisotopic (exact) mass is 382 g/mol. The summed E-state index contributed by atoms with van der Waals surface area (Å²) in [6.45, 7) is 14.5. The number of rotatable bonds is 6. The van der Waals surface area contributed by atoms with E-state index in [1.165, 1.54) is 11.5 Å². The van der Waals surface area contributed by atoms with Crippen molar-refractivity contribution in [1.82, 2.24) is 9.27 Å². The molecule has 0 saturated carbocycles. The van der Waals surface area contributed by atoms with Crippen molar-refractivity contribution in [3.05, 3.63) is 47.2 Å². The van der Waals surface area contributed by atoms with Crippen molar-refractivity contribution in [1.29, 1.82) is 5.26 Å². The summed E-state index contributed by atoms with van der Waals surface area (Å²) in [4.78, 5) is 6.49. The van der Waals surface area contributed by atoms with Gasteiger partial charge in [0.2, 0.25) is 5.06 Å². The number of hydrogen-bond donors (Lipinski definition) is 0. The standard InChI is InChI=1S/C21H26N4OS/c1-8-9-25(7)13-23-17-10-15(3)18(11-14(17)2)26-20-16(12-22)19(24-27-20)21(4,5)6/h8,10-11,13H,1,9H2,2-7H3/b23-13-. The second-order valence-corrected chi connectivity index (χ2v) is 8.27. The molecule has 0 aliphatic heterocycles. The Morgan fingerprint density at radius 1 is 1.33 bits per heavy atom. The summed E-state index contributed by atoms with van der Waals surface area (Å²) in [5, 5.41) is 10.1. The number of aryl methyl sites for hydroxylation is 2. The molecule has 1 heterocycles. The van der Waals surface area contributed by atoms with Crippen LogP contribution >= 0.6 is 11.5 Å². The zero-order valence-electron chi connectivity index (χ0n) is 16.8. The average Bonchev–Trinajstić information content (AvgIpc) is 3.00. The molecular formula is C21H26N4OS. The third-order valence-electron chi connectivity index (χ3n) is 3.99. The lowest BCUT2D eigenvalue weighted by atomic mass is 9.90. The van der Waals surface area contributed by atoms with Crippen LogP contribution in [0, 0.1) is 25.2 Å². The van der Waals surface area contributed by atoms with E-state index in [1.807, 2.05) is 64.8 Å². The maximum absolute atomic E-state index is 9.57. The van der Waals surface area contributed by atoms with Crippen molar-refractivity contribution in [2.45, 2.75) is 40.0 Å². The Labute approximate surface area is 165 Å². The first-order chi connectivity index (χ1) is 12.7. The van der Waals surface area contributed by atoms with Gasteiger partial charge in [0.05, 0.1) is 17.7 Å². The minimum absolute atomic E-state index is 0.204. The van der Waals surface area contributed by atoms with Crippen molar-refractivity contribution >= 4 is 23.6 Å². The van der Waals surface area contributed by atoms with E-state index < -0.39 is 0 Å². The smallest absolute Gasteiger partial charge is 0.218 e. The number of ether oxygens (including phenoxy) is 1. The van der Waals surface area contributed by atoms with Crippen LogP contribution in [-0.2, 0) is 5.41 Å². The van der Waals surface area contributed by atoms with Gasteiger partial charge in [0.15, 0.2) is 0 Å². The molecule has 1 aromatic carbocycles. The summed E-state index contributed by atoms with van der Waals surface area (Å²) < 4.78 is 10.5. The molecule has 0 aliphatic carbocycles. The molecule has 142 valence electrons. The molecule has 0 amide bonds. The third-order valence-corrected chi connectivity index (χ3v) is 4.72. The molecule has 0 unspecified atom stereocenters. The van der Waals surface area contributed by atoms with Crippen LogP contribution in [0.25, 0.3) is 0 Å².